The third-order valence-electron chi connectivity index (χ3n) is 3.93. The van der Waals surface area contributed by atoms with Crippen LogP contribution in [-0.2, 0) is 9.13 Å². The Balaban J connectivity index is 0.00000420. The number of hydrogen-bond donors (Lipinski definition) is 4. The molecule has 2 aromatic carbocycles. The van der Waals surface area contributed by atoms with Crippen molar-refractivity contribution >= 4 is 56.3 Å². The van der Waals surface area contributed by atoms with E-state index in [0.717, 1.165) is 22.3 Å². The van der Waals surface area contributed by atoms with Crippen molar-refractivity contribution in [3.05, 3.63) is 59.7 Å². The summed E-state index contributed by atoms with van der Waals surface area (Å²) in [4.78, 5) is 35.5. The average molecular weight is 452 g/mol. The van der Waals surface area contributed by atoms with E-state index < -0.39 is 15.6 Å². The zero-order valence-electron chi connectivity index (χ0n) is 15.3. The molecule has 29 heavy (non-hydrogen) atoms. The molecule has 0 spiro atoms. The second-order valence-corrected chi connectivity index (χ2v) is 8.20. The zero-order chi connectivity index (χ0) is 20.9. The van der Waals surface area contributed by atoms with Crippen LogP contribution < -0.4 is 9.05 Å². The molecule has 0 aliphatic carbocycles. The van der Waals surface area contributed by atoms with Crippen LogP contribution in [0, 0.1) is 0 Å². The fourth-order valence-corrected chi connectivity index (χ4v) is 3.68. The first kappa shape index (κ1) is 26.1. The monoisotopic (exact) mass is 452 g/mol. The van der Waals surface area contributed by atoms with E-state index in [-0.39, 0.29) is 41.1 Å². The molecule has 0 unspecified atom stereocenters. The summed E-state index contributed by atoms with van der Waals surface area (Å²) < 4.78 is 31.0. The molecule has 0 amide bonds. The van der Waals surface area contributed by atoms with Gasteiger partial charge in [0.25, 0.3) is 0 Å². The summed E-state index contributed by atoms with van der Waals surface area (Å²) in [5.74, 6) is 0.147. The van der Waals surface area contributed by atoms with Crippen LogP contribution in [0.4, 0.5) is 0 Å². The van der Waals surface area contributed by atoms with Crippen LogP contribution in [0.1, 0.15) is 37.8 Å². The van der Waals surface area contributed by atoms with E-state index >= 15 is 0 Å². The molecule has 0 saturated heterocycles. The standard InChI is InChI=1S/C18H22O8P2.Na.H/c1-3-17(13-5-9-15(10-6-13)25-27(19,20)21)18(4-2)14-7-11-16(12-8-14)26-28(22,23)24;;/h5-12H,3-4H2,1-2H3,(H2,19,20,21)(H2,22,23,24);;/b18-17+;;. The van der Waals surface area contributed by atoms with E-state index in [1.807, 2.05) is 13.8 Å². The molecular weight excluding hydrogens is 429 g/mol. The van der Waals surface area contributed by atoms with E-state index in [1.165, 1.54) is 24.3 Å². The Morgan fingerprint density at radius 3 is 1.17 bits per heavy atom. The van der Waals surface area contributed by atoms with Crippen LogP contribution in [0.25, 0.3) is 11.1 Å². The van der Waals surface area contributed by atoms with Crippen LogP contribution >= 0.6 is 15.6 Å². The minimum atomic E-state index is -4.61. The van der Waals surface area contributed by atoms with Gasteiger partial charge >= 0.3 is 45.2 Å². The van der Waals surface area contributed by atoms with E-state index in [1.54, 1.807) is 24.3 Å². The molecule has 4 N–H and O–H groups in total. The third-order valence-corrected chi connectivity index (χ3v) is 4.82. The Hall–Kier alpha value is -0.920. The number of allylic oxidation sites excluding steroid dienone is 2. The predicted octanol–water partition coefficient (Wildman–Crippen LogP) is 3.71. The van der Waals surface area contributed by atoms with Gasteiger partial charge in [-0.15, -0.1) is 0 Å². The van der Waals surface area contributed by atoms with Gasteiger partial charge in [-0.1, -0.05) is 38.1 Å². The van der Waals surface area contributed by atoms with Gasteiger partial charge in [0.05, 0.1) is 0 Å². The van der Waals surface area contributed by atoms with Gasteiger partial charge in [-0.2, -0.15) is 0 Å². The predicted molar refractivity (Wildman–Crippen MR) is 113 cm³/mol. The molecule has 0 atom stereocenters. The van der Waals surface area contributed by atoms with Crippen LogP contribution in [0.3, 0.4) is 0 Å². The molecule has 0 heterocycles. The van der Waals surface area contributed by atoms with E-state index in [0.29, 0.717) is 12.8 Å². The summed E-state index contributed by atoms with van der Waals surface area (Å²) in [5.41, 5.74) is 3.84. The number of phosphoric ester groups is 2. The third kappa shape index (κ3) is 8.38. The molecule has 0 aromatic heterocycles. The molecule has 0 fully saturated rings. The summed E-state index contributed by atoms with van der Waals surface area (Å²) in [6, 6.07) is 12.9. The molecule has 2 aromatic rings. The van der Waals surface area contributed by atoms with E-state index in [4.69, 9.17) is 19.6 Å². The Labute approximate surface area is 191 Å². The molecule has 0 aliphatic heterocycles. The molecule has 8 nitrogen and oxygen atoms in total. The molecule has 0 saturated carbocycles. The van der Waals surface area contributed by atoms with Crippen molar-refractivity contribution in [2.45, 2.75) is 26.7 Å². The van der Waals surface area contributed by atoms with E-state index in [2.05, 4.69) is 9.05 Å². The van der Waals surface area contributed by atoms with Crippen LogP contribution in [0.15, 0.2) is 48.5 Å². The topological polar surface area (TPSA) is 134 Å². The molecule has 0 bridgehead atoms. The number of rotatable bonds is 8. The molecule has 0 aliphatic rings. The summed E-state index contributed by atoms with van der Waals surface area (Å²) in [5, 5.41) is 0. The van der Waals surface area contributed by atoms with Gasteiger partial charge in [-0.3, -0.25) is 19.6 Å². The summed E-state index contributed by atoms with van der Waals surface area (Å²) in [6.07, 6.45) is 1.42. The van der Waals surface area contributed by atoms with Crippen molar-refractivity contribution in [3.63, 3.8) is 0 Å². The zero-order valence-corrected chi connectivity index (χ0v) is 17.1. The summed E-state index contributed by atoms with van der Waals surface area (Å²) in [7, 11) is -9.21. The SMILES string of the molecule is CC/C(=C(/CC)c1ccc(OP(=O)(O)O)cc1)c1ccc(OP(=O)(O)O)cc1.[NaH]. The van der Waals surface area contributed by atoms with Crippen molar-refractivity contribution in [1.29, 1.82) is 0 Å². The normalized spacial score (nSPS) is 12.6. The molecule has 0 radical (unpaired) electrons. The van der Waals surface area contributed by atoms with E-state index in [9.17, 15) is 9.13 Å². The van der Waals surface area contributed by atoms with Crippen LogP contribution in [0.2, 0.25) is 0 Å². The van der Waals surface area contributed by atoms with Gasteiger partial charge in [0.2, 0.25) is 0 Å². The minimum absolute atomic E-state index is 0. The molecular formula is C18H23NaO8P2. The van der Waals surface area contributed by atoms with Crippen molar-refractivity contribution in [2.75, 3.05) is 0 Å². The number of benzene rings is 2. The Morgan fingerprint density at radius 1 is 0.690 bits per heavy atom. The van der Waals surface area contributed by atoms with Crippen LogP contribution in [-0.4, -0.2) is 49.1 Å². The van der Waals surface area contributed by atoms with Crippen molar-refractivity contribution in [2.24, 2.45) is 0 Å². The maximum atomic E-state index is 10.9. The average Bonchev–Trinajstić information content (AvgIpc) is 2.59. The van der Waals surface area contributed by atoms with Crippen molar-refractivity contribution < 1.29 is 37.8 Å². The fraction of sp³-hybridized carbons (Fsp3) is 0.222. The van der Waals surface area contributed by atoms with Gasteiger partial charge in [-0.05, 0) is 59.4 Å². The molecule has 154 valence electrons. The fourth-order valence-electron chi connectivity index (χ4n) is 2.89. The Kier molecular flexibility index (Phi) is 9.83. The molecule has 11 heteroatoms. The van der Waals surface area contributed by atoms with Crippen LogP contribution in [0.5, 0.6) is 11.5 Å². The quantitative estimate of drug-likeness (QED) is 0.271. The number of phosphoric acid groups is 2. The summed E-state index contributed by atoms with van der Waals surface area (Å²) >= 11 is 0. The Morgan fingerprint density at radius 2 is 0.966 bits per heavy atom. The maximum absolute atomic E-state index is 10.9. The van der Waals surface area contributed by atoms with Gasteiger partial charge in [0, 0.05) is 0 Å². The van der Waals surface area contributed by atoms with Gasteiger partial charge in [-0.25, -0.2) is 9.13 Å². The van der Waals surface area contributed by atoms with Crippen molar-refractivity contribution in [3.8, 4) is 11.5 Å². The van der Waals surface area contributed by atoms with Gasteiger partial charge < -0.3 is 9.05 Å². The first-order chi connectivity index (χ1) is 13.0. The second kappa shape index (κ2) is 10.9. The second-order valence-electron chi connectivity index (χ2n) is 5.88. The van der Waals surface area contributed by atoms with Gasteiger partial charge in [0.15, 0.2) is 0 Å². The van der Waals surface area contributed by atoms with Gasteiger partial charge in [0.1, 0.15) is 11.5 Å². The Bertz CT molecular complexity index is 852. The first-order valence-electron chi connectivity index (χ1n) is 8.45. The summed E-state index contributed by atoms with van der Waals surface area (Å²) in [6.45, 7) is 3.99. The first-order valence-corrected chi connectivity index (χ1v) is 11.5. The van der Waals surface area contributed by atoms with Crippen molar-refractivity contribution in [1.82, 2.24) is 0 Å². The number of hydrogen-bond acceptors (Lipinski definition) is 4. The molecule has 2 rings (SSSR count).